The Bertz CT molecular complexity index is 246. The zero-order valence-corrected chi connectivity index (χ0v) is 8.59. The van der Waals surface area contributed by atoms with E-state index in [0.29, 0.717) is 0 Å². The Morgan fingerprint density at radius 3 is 2.62 bits per heavy atom. The van der Waals surface area contributed by atoms with Crippen molar-refractivity contribution in [2.45, 2.75) is 29.9 Å². The maximum atomic E-state index is 10.7. The first-order chi connectivity index (χ1) is 6.36. The lowest BCUT2D eigenvalue weighted by molar-refractivity contribution is -0.107. The molecular formula is C11H14OS. The molecule has 1 nitrogen and oxygen atoms in total. The van der Waals surface area contributed by atoms with Crippen LogP contribution in [0.15, 0.2) is 35.2 Å². The van der Waals surface area contributed by atoms with Crippen molar-refractivity contribution in [3.05, 3.63) is 30.3 Å². The van der Waals surface area contributed by atoms with Gasteiger partial charge in [0.2, 0.25) is 0 Å². The number of hydrogen-bond acceptors (Lipinski definition) is 2. The van der Waals surface area contributed by atoms with Crippen molar-refractivity contribution in [3.8, 4) is 0 Å². The maximum Gasteiger partial charge on any atom is 0.133 e. The second kappa shape index (κ2) is 5.81. The predicted octanol–water partition coefficient (Wildman–Crippen LogP) is 3.15. The summed E-state index contributed by atoms with van der Waals surface area (Å²) in [6, 6.07) is 10.1. The van der Waals surface area contributed by atoms with Gasteiger partial charge in [-0.15, -0.1) is 11.8 Å². The molecule has 0 amide bonds. The van der Waals surface area contributed by atoms with Gasteiger partial charge in [-0.1, -0.05) is 31.5 Å². The third-order valence-corrected chi connectivity index (χ3v) is 2.95. The molecule has 0 aliphatic carbocycles. The topological polar surface area (TPSA) is 17.1 Å². The highest BCUT2D eigenvalue weighted by molar-refractivity contribution is 8.00. The molecule has 0 unspecified atom stereocenters. The summed E-state index contributed by atoms with van der Waals surface area (Å²) in [5.41, 5.74) is 0. The third-order valence-electron chi connectivity index (χ3n) is 1.76. The molecule has 0 aliphatic heterocycles. The first-order valence-corrected chi connectivity index (χ1v) is 5.41. The van der Waals surface area contributed by atoms with Gasteiger partial charge in [-0.2, -0.15) is 0 Å². The monoisotopic (exact) mass is 194 g/mol. The Hall–Kier alpha value is -0.760. The van der Waals surface area contributed by atoms with Crippen LogP contribution < -0.4 is 0 Å². The van der Waals surface area contributed by atoms with Crippen molar-refractivity contribution in [1.29, 1.82) is 0 Å². The molecule has 0 aromatic heterocycles. The SMILES string of the molecule is CCC[C@@H](C=O)Sc1ccccc1. The summed E-state index contributed by atoms with van der Waals surface area (Å²) < 4.78 is 0. The molecule has 0 N–H and O–H groups in total. The minimum atomic E-state index is 0.118. The van der Waals surface area contributed by atoms with Crippen LogP contribution in [0.4, 0.5) is 0 Å². The van der Waals surface area contributed by atoms with E-state index in [1.807, 2.05) is 30.3 Å². The standard InChI is InChI=1S/C11H14OS/c1-2-6-11(9-12)13-10-7-4-3-5-8-10/h3-5,7-9,11H,2,6H2,1H3/t11-/m0/s1. The van der Waals surface area contributed by atoms with Crippen LogP contribution in [-0.2, 0) is 4.79 Å². The van der Waals surface area contributed by atoms with Crippen LogP contribution in [-0.4, -0.2) is 11.5 Å². The van der Waals surface area contributed by atoms with E-state index in [9.17, 15) is 4.79 Å². The Morgan fingerprint density at radius 1 is 1.38 bits per heavy atom. The number of benzene rings is 1. The summed E-state index contributed by atoms with van der Waals surface area (Å²) in [7, 11) is 0. The largest absolute Gasteiger partial charge is 0.302 e. The summed E-state index contributed by atoms with van der Waals surface area (Å²) in [5.74, 6) is 0. The molecule has 0 saturated heterocycles. The van der Waals surface area contributed by atoms with E-state index in [-0.39, 0.29) is 5.25 Å². The molecule has 0 radical (unpaired) electrons. The lowest BCUT2D eigenvalue weighted by Gasteiger charge is -2.07. The van der Waals surface area contributed by atoms with Crippen molar-refractivity contribution < 1.29 is 4.79 Å². The fraction of sp³-hybridized carbons (Fsp3) is 0.364. The smallest absolute Gasteiger partial charge is 0.133 e. The second-order valence-electron chi connectivity index (χ2n) is 2.89. The van der Waals surface area contributed by atoms with Crippen LogP contribution in [0.5, 0.6) is 0 Å². The highest BCUT2D eigenvalue weighted by Gasteiger charge is 2.06. The van der Waals surface area contributed by atoms with Crippen LogP contribution in [0.2, 0.25) is 0 Å². The van der Waals surface area contributed by atoms with Gasteiger partial charge in [-0.3, -0.25) is 0 Å². The Kier molecular flexibility index (Phi) is 4.61. The van der Waals surface area contributed by atoms with Gasteiger partial charge in [0.05, 0.1) is 5.25 Å². The highest BCUT2D eigenvalue weighted by atomic mass is 32.2. The van der Waals surface area contributed by atoms with Gasteiger partial charge in [-0.25, -0.2) is 0 Å². The average molecular weight is 194 g/mol. The zero-order chi connectivity index (χ0) is 9.52. The second-order valence-corrected chi connectivity index (χ2v) is 4.21. The highest BCUT2D eigenvalue weighted by Crippen LogP contribution is 2.24. The van der Waals surface area contributed by atoms with Gasteiger partial charge >= 0.3 is 0 Å². The third kappa shape index (κ3) is 3.64. The normalized spacial score (nSPS) is 12.4. The van der Waals surface area contributed by atoms with E-state index in [1.54, 1.807) is 11.8 Å². The maximum absolute atomic E-state index is 10.7. The summed E-state index contributed by atoms with van der Waals surface area (Å²) in [4.78, 5) is 11.9. The lowest BCUT2D eigenvalue weighted by Crippen LogP contribution is -2.02. The Morgan fingerprint density at radius 2 is 2.08 bits per heavy atom. The molecule has 2 heteroatoms. The zero-order valence-electron chi connectivity index (χ0n) is 7.77. The van der Waals surface area contributed by atoms with Gasteiger partial charge in [-0.05, 0) is 18.6 Å². The molecule has 0 bridgehead atoms. The molecule has 1 atom stereocenters. The summed E-state index contributed by atoms with van der Waals surface area (Å²) in [6.45, 7) is 2.10. The van der Waals surface area contributed by atoms with Gasteiger partial charge in [0, 0.05) is 4.90 Å². The van der Waals surface area contributed by atoms with Crippen LogP contribution in [0, 0.1) is 0 Å². The van der Waals surface area contributed by atoms with Crippen LogP contribution >= 0.6 is 11.8 Å². The van der Waals surface area contributed by atoms with Gasteiger partial charge in [0.25, 0.3) is 0 Å². The minimum absolute atomic E-state index is 0.118. The lowest BCUT2D eigenvalue weighted by atomic mass is 10.3. The van der Waals surface area contributed by atoms with Crippen molar-refractivity contribution in [3.63, 3.8) is 0 Å². The Labute approximate surface area is 83.5 Å². The fourth-order valence-electron chi connectivity index (χ4n) is 1.11. The van der Waals surface area contributed by atoms with Crippen LogP contribution in [0.3, 0.4) is 0 Å². The summed E-state index contributed by atoms with van der Waals surface area (Å²) in [6.07, 6.45) is 3.06. The van der Waals surface area contributed by atoms with Crippen LogP contribution in [0.1, 0.15) is 19.8 Å². The minimum Gasteiger partial charge on any atom is -0.302 e. The molecule has 0 aliphatic rings. The molecular weight excluding hydrogens is 180 g/mol. The molecule has 0 saturated carbocycles. The number of aldehydes is 1. The number of carbonyl (C=O) groups excluding carboxylic acids is 1. The van der Waals surface area contributed by atoms with Gasteiger partial charge in [0.1, 0.15) is 6.29 Å². The first kappa shape index (κ1) is 10.3. The molecule has 0 spiro atoms. The van der Waals surface area contributed by atoms with E-state index < -0.39 is 0 Å². The van der Waals surface area contributed by atoms with E-state index in [4.69, 9.17) is 0 Å². The molecule has 70 valence electrons. The summed E-state index contributed by atoms with van der Waals surface area (Å²) >= 11 is 1.65. The van der Waals surface area contributed by atoms with Gasteiger partial charge < -0.3 is 4.79 Å². The first-order valence-electron chi connectivity index (χ1n) is 4.53. The number of hydrogen-bond donors (Lipinski definition) is 0. The van der Waals surface area contributed by atoms with Crippen molar-refractivity contribution in [1.82, 2.24) is 0 Å². The predicted molar refractivity (Wildman–Crippen MR) is 57.1 cm³/mol. The molecule has 1 aromatic rings. The van der Waals surface area contributed by atoms with Crippen LogP contribution in [0.25, 0.3) is 0 Å². The van der Waals surface area contributed by atoms with Crippen molar-refractivity contribution >= 4 is 18.0 Å². The van der Waals surface area contributed by atoms with E-state index in [1.165, 1.54) is 4.90 Å². The van der Waals surface area contributed by atoms with E-state index >= 15 is 0 Å². The molecule has 1 aromatic carbocycles. The van der Waals surface area contributed by atoms with E-state index in [0.717, 1.165) is 19.1 Å². The molecule has 13 heavy (non-hydrogen) atoms. The molecule has 0 fully saturated rings. The number of rotatable bonds is 5. The fourth-order valence-corrected chi connectivity index (χ4v) is 2.19. The Balaban J connectivity index is 2.51. The summed E-state index contributed by atoms with van der Waals surface area (Å²) in [5, 5.41) is 0.118. The molecule has 1 rings (SSSR count). The number of thioether (sulfide) groups is 1. The quantitative estimate of drug-likeness (QED) is 0.529. The van der Waals surface area contributed by atoms with Crippen molar-refractivity contribution in [2.24, 2.45) is 0 Å². The molecule has 0 heterocycles. The number of carbonyl (C=O) groups is 1. The van der Waals surface area contributed by atoms with Crippen molar-refractivity contribution in [2.75, 3.05) is 0 Å². The van der Waals surface area contributed by atoms with E-state index in [2.05, 4.69) is 6.92 Å². The average Bonchev–Trinajstić information content (AvgIpc) is 2.19. The van der Waals surface area contributed by atoms with Gasteiger partial charge in [0.15, 0.2) is 0 Å².